The number of nitrogens with zero attached hydrogens (tertiary/aromatic N) is 2. The van der Waals surface area contributed by atoms with Gasteiger partial charge in [0, 0.05) is 40.5 Å². The van der Waals surface area contributed by atoms with Crippen molar-refractivity contribution in [2.75, 3.05) is 29.4 Å². The van der Waals surface area contributed by atoms with Gasteiger partial charge >= 0.3 is 0 Å². The zero-order valence-electron chi connectivity index (χ0n) is 17.2. The highest BCUT2D eigenvalue weighted by atomic mass is 79.9. The van der Waals surface area contributed by atoms with Gasteiger partial charge in [-0.15, -0.1) is 6.58 Å². The molecule has 1 aromatic rings. The fourth-order valence-electron chi connectivity index (χ4n) is 3.36. The van der Waals surface area contributed by atoms with E-state index in [0.717, 1.165) is 24.5 Å². The van der Waals surface area contributed by atoms with Crippen molar-refractivity contribution < 1.29 is 9.53 Å². The number of rotatable bonds is 7. The van der Waals surface area contributed by atoms with Crippen molar-refractivity contribution in [3.05, 3.63) is 70.7 Å². The zero-order chi connectivity index (χ0) is 21.6. The van der Waals surface area contributed by atoms with Gasteiger partial charge in [-0.2, -0.15) is 0 Å². The molecule has 29 heavy (non-hydrogen) atoms. The topological polar surface area (TPSA) is 32.8 Å². The molecule has 1 fully saturated rings. The van der Waals surface area contributed by atoms with Gasteiger partial charge < -0.3 is 14.5 Å². The largest absolute Gasteiger partial charge is 0.372 e. The predicted octanol–water partition coefficient (Wildman–Crippen LogP) is 5.80. The van der Waals surface area contributed by atoms with Crippen molar-refractivity contribution in [2.24, 2.45) is 0 Å². The van der Waals surface area contributed by atoms with E-state index >= 15 is 0 Å². The van der Waals surface area contributed by atoms with Gasteiger partial charge in [0.05, 0.1) is 17.8 Å². The van der Waals surface area contributed by atoms with Gasteiger partial charge in [0.15, 0.2) is 0 Å². The highest BCUT2D eigenvalue weighted by Gasteiger charge is 2.24. The van der Waals surface area contributed by atoms with Crippen molar-refractivity contribution in [1.29, 1.82) is 0 Å². The molecule has 0 aromatic heterocycles. The Hall–Kier alpha value is -1.82. The van der Waals surface area contributed by atoms with E-state index in [4.69, 9.17) is 16.3 Å². The van der Waals surface area contributed by atoms with Crippen LogP contribution in [0.5, 0.6) is 0 Å². The number of morpholine rings is 1. The molecule has 1 aliphatic heterocycles. The summed E-state index contributed by atoms with van der Waals surface area (Å²) in [6, 6.07) is 7.99. The number of ether oxygens (including phenoxy) is 1. The Morgan fingerprint density at radius 1 is 1.31 bits per heavy atom. The molecule has 1 saturated heterocycles. The Morgan fingerprint density at radius 3 is 2.38 bits per heavy atom. The minimum Gasteiger partial charge on any atom is -0.372 e. The number of allylic oxidation sites excluding steroid dienone is 3. The van der Waals surface area contributed by atoms with Gasteiger partial charge in [0.1, 0.15) is 0 Å². The van der Waals surface area contributed by atoms with Gasteiger partial charge in [-0.25, -0.2) is 0 Å². The molecule has 0 aliphatic carbocycles. The highest BCUT2D eigenvalue weighted by Crippen LogP contribution is 2.29. The van der Waals surface area contributed by atoms with Crippen LogP contribution < -0.4 is 9.80 Å². The van der Waals surface area contributed by atoms with E-state index in [1.807, 2.05) is 31.2 Å². The molecule has 0 spiro atoms. The highest BCUT2D eigenvalue weighted by molar-refractivity contribution is 9.12. The molecule has 2 atom stereocenters. The van der Waals surface area contributed by atoms with E-state index in [1.54, 1.807) is 23.1 Å². The third-order valence-corrected chi connectivity index (χ3v) is 5.86. The number of carbonyl (C=O) groups excluding carboxylic acids is 1. The van der Waals surface area contributed by atoms with E-state index in [-0.39, 0.29) is 23.1 Å². The SMILES string of the molecule is C=CCN(C(=O)C(/C=C\C)=C(\Br)C(=C)Cl)c1ccc(N2CC(C)OC(C)C2)cc1. The number of hydrogen-bond donors (Lipinski definition) is 0. The molecule has 1 aromatic carbocycles. The standard InChI is InChI=1S/C23H28BrClN2O2/c1-6-8-21(22(24)18(5)25)23(28)27(13-7-2)20-11-9-19(10-12-20)26-14-16(3)29-17(4)15-26/h6-12,16-17H,2,5,13-15H2,1,3-4H3/b8-6-,22-21-. The molecule has 1 heterocycles. The number of halogens is 2. The lowest BCUT2D eigenvalue weighted by molar-refractivity contribution is -0.114. The maximum absolute atomic E-state index is 13.3. The minimum absolute atomic E-state index is 0.182. The summed E-state index contributed by atoms with van der Waals surface area (Å²) in [5.41, 5.74) is 2.34. The fraction of sp³-hybridized carbons (Fsp3) is 0.348. The predicted molar refractivity (Wildman–Crippen MR) is 127 cm³/mol. The van der Waals surface area contributed by atoms with Crippen LogP contribution in [0, 0.1) is 0 Å². The van der Waals surface area contributed by atoms with Crippen LogP contribution in [0.15, 0.2) is 70.7 Å². The second-order valence-electron chi connectivity index (χ2n) is 7.02. The lowest BCUT2D eigenvalue weighted by Crippen LogP contribution is -2.45. The summed E-state index contributed by atoms with van der Waals surface area (Å²) in [7, 11) is 0. The van der Waals surface area contributed by atoms with Crippen LogP contribution in [0.25, 0.3) is 0 Å². The Balaban J connectivity index is 2.33. The first-order valence-electron chi connectivity index (χ1n) is 9.58. The summed E-state index contributed by atoms with van der Waals surface area (Å²) < 4.78 is 6.29. The maximum Gasteiger partial charge on any atom is 0.259 e. The second kappa shape index (κ2) is 10.8. The Bertz CT molecular complexity index is 807. The molecule has 2 unspecified atom stereocenters. The van der Waals surface area contributed by atoms with E-state index in [1.165, 1.54) is 0 Å². The van der Waals surface area contributed by atoms with Crippen LogP contribution >= 0.6 is 27.5 Å². The molecule has 156 valence electrons. The third-order valence-electron chi connectivity index (χ3n) is 4.54. The summed E-state index contributed by atoms with van der Waals surface area (Å²) >= 11 is 9.40. The summed E-state index contributed by atoms with van der Waals surface area (Å²) in [5.74, 6) is -0.182. The van der Waals surface area contributed by atoms with Crippen molar-refractivity contribution in [3.63, 3.8) is 0 Å². The normalized spacial score (nSPS) is 20.4. The molecule has 1 amide bonds. The van der Waals surface area contributed by atoms with Crippen LogP contribution in [-0.4, -0.2) is 37.7 Å². The van der Waals surface area contributed by atoms with Crippen LogP contribution in [0.4, 0.5) is 11.4 Å². The van der Waals surface area contributed by atoms with Gasteiger partial charge in [0.25, 0.3) is 5.91 Å². The molecule has 0 N–H and O–H groups in total. The van der Waals surface area contributed by atoms with Crippen LogP contribution in [-0.2, 0) is 9.53 Å². The smallest absolute Gasteiger partial charge is 0.259 e. The molecule has 6 heteroatoms. The first-order chi connectivity index (χ1) is 13.8. The van der Waals surface area contributed by atoms with Crippen LogP contribution in [0.3, 0.4) is 0 Å². The molecule has 2 rings (SSSR count). The molecule has 0 saturated carbocycles. The molecule has 4 nitrogen and oxygen atoms in total. The average Bonchev–Trinajstić information content (AvgIpc) is 2.68. The molecular formula is C23H28BrClN2O2. The summed E-state index contributed by atoms with van der Waals surface area (Å²) in [6.07, 6.45) is 5.59. The molecule has 0 bridgehead atoms. The quantitative estimate of drug-likeness (QED) is 0.282. The maximum atomic E-state index is 13.3. The van der Waals surface area contributed by atoms with Crippen molar-refractivity contribution >= 4 is 44.8 Å². The average molecular weight is 480 g/mol. The fourth-order valence-corrected chi connectivity index (χ4v) is 3.77. The molecule has 1 aliphatic rings. The number of hydrogen-bond acceptors (Lipinski definition) is 3. The van der Waals surface area contributed by atoms with Gasteiger partial charge in [-0.1, -0.05) is 36.4 Å². The first-order valence-corrected chi connectivity index (χ1v) is 10.8. The van der Waals surface area contributed by atoms with Crippen LogP contribution in [0.1, 0.15) is 20.8 Å². The number of amides is 1. The van der Waals surface area contributed by atoms with Gasteiger partial charge in [-0.3, -0.25) is 4.79 Å². The number of benzene rings is 1. The lowest BCUT2D eigenvalue weighted by Gasteiger charge is -2.37. The van der Waals surface area contributed by atoms with Gasteiger partial charge in [0.2, 0.25) is 0 Å². The summed E-state index contributed by atoms with van der Waals surface area (Å²) in [5, 5.41) is 0.274. The molecular weight excluding hydrogens is 452 g/mol. The van der Waals surface area contributed by atoms with E-state index in [9.17, 15) is 4.79 Å². The van der Waals surface area contributed by atoms with E-state index in [2.05, 4.69) is 47.8 Å². The van der Waals surface area contributed by atoms with E-state index in [0.29, 0.717) is 16.6 Å². The monoisotopic (exact) mass is 478 g/mol. The van der Waals surface area contributed by atoms with E-state index < -0.39 is 0 Å². The summed E-state index contributed by atoms with van der Waals surface area (Å²) in [6.45, 7) is 15.6. The number of anilines is 2. The lowest BCUT2D eigenvalue weighted by atomic mass is 10.1. The Labute approximate surface area is 187 Å². The number of carbonyl (C=O) groups is 1. The van der Waals surface area contributed by atoms with Crippen molar-refractivity contribution in [3.8, 4) is 0 Å². The second-order valence-corrected chi connectivity index (χ2v) is 8.26. The van der Waals surface area contributed by atoms with Crippen molar-refractivity contribution in [2.45, 2.75) is 33.0 Å². The molecule has 0 radical (unpaired) electrons. The summed E-state index contributed by atoms with van der Waals surface area (Å²) in [4.78, 5) is 17.2. The Morgan fingerprint density at radius 2 is 1.90 bits per heavy atom. The first kappa shape index (κ1) is 23.5. The minimum atomic E-state index is -0.182. The Kier molecular flexibility index (Phi) is 8.75. The van der Waals surface area contributed by atoms with Crippen molar-refractivity contribution in [1.82, 2.24) is 0 Å². The van der Waals surface area contributed by atoms with Gasteiger partial charge in [-0.05, 0) is 61.0 Å². The third kappa shape index (κ3) is 6.08. The zero-order valence-corrected chi connectivity index (χ0v) is 19.5. The van der Waals surface area contributed by atoms with Crippen LogP contribution in [0.2, 0.25) is 0 Å².